The van der Waals surface area contributed by atoms with Gasteiger partial charge < -0.3 is 10.5 Å². The molecule has 2 N–H and O–H groups in total. The van der Waals surface area contributed by atoms with Crippen LogP contribution in [0.2, 0.25) is 0 Å². The zero-order valence-corrected chi connectivity index (χ0v) is 10.1. The van der Waals surface area contributed by atoms with E-state index in [1.54, 1.807) is 18.4 Å². The van der Waals surface area contributed by atoms with E-state index >= 15 is 0 Å². The molecular formula is C12H11N3OS. The summed E-state index contributed by atoms with van der Waals surface area (Å²) < 4.78 is 7.22. The quantitative estimate of drug-likeness (QED) is 0.755. The van der Waals surface area contributed by atoms with Crippen molar-refractivity contribution in [3.8, 4) is 17.0 Å². The summed E-state index contributed by atoms with van der Waals surface area (Å²) in [5.74, 6) is 1.39. The molecule has 5 heteroatoms. The average Bonchev–Trinajstić information content (AvgIpc) is 2.87. The summed E-state index contributed by atoms with van der Waals surface area (Å²) in [5.41, 5.74) is 7.86. The highest BCUT2D eigenvalue weighted by atomic mass is 32.1. The Morgan fingerprint density at radius 2 is 2.29 bits per heavy atom. The number of ether oxygens (including phenoxy) is 1. The highest BCUT2D eigenvalue weighted by molar-refractivity contribution is 7.15. The predicted octanol–water partition coefficient (Wildman–Crippen LogP) is 2.65. The van der Waals surface area contributed by atoms with Gasteiger partial charge in [0.25, 0.3) is 0 Å². The van der Waals surface area contributed by atoms with Crippen LogP contribution < -0.4 is 10.5 Å². The number of anilines is 1. The van der Waals surface area contributed by atoms with E-state index in [1.165, 1.54) is 0 Å². The molecule has 0 aliphatic heterocycles. The molecule has 0 aliphatic carbocycles. The standard InChI is InChI=1S/C12H11N3OS/c1-16-9-4-2-3-8(5-9)10-7-17-12-14-11(13)6-15(10)12/h2-7H,13H2,1H3. The van der Waals surface area contributed by atoms with E-state index in [-0.39, 0.29) is 0 Å². The van der Waals surface area contributed by atoms with Gasteiger partial charge in [-0.1, -0.05) is 12.1 Å². The van der Waals surface area contributed by atoms with Gasteiger partial charge in [0, 0.05) is 10.9 Å². The van der Waals surface area contributed by atoms with Crippen molar-refractivity contribution >= 4 is 22.1 Å². The molecule has 17 heavy (non-hydrogen) atoms. The molecule has 3 rings (SSSR count). The fourth-order valence-electron chi connectivity index (χ4n) is 1.79. The second kappa shape index (κ2) is 3.78. The van der Waals surface area contributed by atoms with Gasteiger partial charge in [-0.25, -0.2) is 4.98 Å². The molecule has 0 amide bonds. The van der Waals surface area contributed by atoms with Crippen molar-refractivity contribution < 1.29 is 4.74 Å². The Bertz CT molecular complexity index is 671. The minimum atomic E-state index is 0.543. The molecule has 0 saturated heterocycles. The monoisotopic (exact) mass is 245 g/mol. The Morgan fingerprint density at radius 1 is 1.41 bits per heavy atom. The number of fused-ring (bicyclic) bond motifs is 1. The molecule has 2 heterocycles. The molecule has 0 aliphatic rings. The molecule has 4 nitrogen and oxygen atoms in total. The molecule has 3 aromatic rings. The number of benzene rings is 1. The molecule has 0 bridgehead atoms. The lowest BCUT2D eigenvalue weighted by Crippen LogP contribution is -1.87. The Labute approximate surface area is 102 Å². The van der Waals surface area contributed by atoms with Gasteiger partial charge in [0.1, 0.15) is 11.6 Å². The van der Waals surface area contributed by atoms with Gasteiger partial charge in [-0.2, -0.15) is 0 Å². The minimum Gasteiger partial charge on any atom is -0.497 e. The first kappa shape index (κ1) is 10.2. The van der Waals surface area contributed by atoms with Crippen LogP contribution in [0.5, 0.6) is 5.75 Å². The van der Waals surface area contributed by atoms with Gasteiger partial charge >= 0.3 is 0 Å². The van der Waals surface area contributed by atoms with Crippen LogP contribution >= 0.6 is 11.3 Å². The van der Waals surface area contributed by atoms with Crippen molar-refractivity contribution in [2.75, 3.05) is 12.8 Å². The first-order chi connectivity index (χ1) is 8.28. The molecule has 0 radical (unpaired) electrons. The fourth-order valence-corrected chi connectivity index (χ4v) is 2.68. The maximum atomic E-state index is 5.69. The number of aromatic nitrogens is 2. The van der Waals surface area contributed by atoms with Gasteiger partial charge in [0.05, 0.1) is 19.0 Å². The Balaban J connectivity index is 2.19. The van der Waals surface area contributed by atoms with Crippen molar-refractivity contribution in [3.05, 3.63) is 35.8 Å². The fraction of sp³-hybridized carbons (Fsp3) is 0.0833. The second-order valence-electron chi connectivity index (χ2n) is 3.67. The highest BCUT2D eigenvalue weighted by Crippen LogP contribution is 2.28. The lowest BCUT2D eigenvalue weighted by atomic mass is 10.1. The van der Waals surface area contributed by atoms with Crippen molar-refractivity contribution in [1.82, 2.24) is 9.38 Å². The Morgan fingerprint density at radius 3 is 3.12 bits per heavy atom. The topological polar surface area (TPSA) is 52.5 Å². The average molecular weight is 245 g/mol. The van der Waals surface area contributed by atoms with Gasteiger partial charge in [-0.3, -0.25) is 4.40 Å². The van der Waals surface area contributed by atoms with E-state index in [1.807, 2.05) is 34.9 Å². The molecule has 86 valence electrons. The predicted molar refractivity (Wildman–Crippen MR) is 69.5 cm³/mol. The number of imidazole rings is 1. The second-order valence-corrected chi connectivity index (χ2v) is 4.51. The zero-order valence-electron chi connectivity index (χ0n) is 9.25. The van der Waals surface area contributed by atoms with Crippen LogP contribution in [0.3, 0.4) is 0 Å². The van der Waals surface area contributed by atoms with Crippen molar-refractivity contribution in [2.24, 2.45) is 0 Å². The van der Waals surface area contributed by atoms with Crippen LogP contribution in [-0.4, -0.2) is 16.5 Å². The van der Waals surface area contributed by atoms with Gasteiger partial charge in [-0.05, 0) is 12.1 Å². The number of hydrogen-bond donors (Lipinski definition) is 1. The van der Waals surface area contributed by atoms with Crippen molar-refractivity contribution in [3.63, 3.8) is 0 Å². The van der Waals surface area contributed by atoms with E-state index in [2.05, 4.69) is 10.4 Å². The lowest BCUT2D eigenvalue weighted by Gasteiger charge is -2.03. The van der Waals surface area contributed by atoms with E-state index in [9.17, 15) is 0 Å². The van der Waals surface area contributed by atoms with E-state index < -0.39 is 0 Å². The number of nitrogens with zero attached hydrogens (tertiary/aromatic N) is 2. The van der Waals surface area contributed by atoms with Crippen molar-refractivity contribution in [1.29, 1.82) is 0 Å². The van der Waals surface area contributed by atoms with Crippen LogP contribution in [0.25, 0.3) is 16.2 Å². The molecule has 0 atom stereocenters. The van der Waals surface area contributed by atoms with Crippen molar-refractivity contribution in [2.45, 2.75) is 0 Å². The molecule has 2 aromatic heterocycles. The number of nitrogens with two attached hydrogens (primary N) is 1. The van der Waals surface area contributed by atoms with Crippen LogP contribution in [0, 0.1) is 0 Å². The maximum absolute atomic E-state index is 5.69. The summed E-state index contributed by atoms with van der Waals surface area (Å²) in [7, 11) is 1.66. The molecule has 0 unspecified atom stereocenters. The zero-order chi connectivity index (χ0) is 11.8. The molecule has 0 spiro atoms. The van der Waals surface area contributed by atoms with E-state index in [4.69, 9.17) is 10.5 Å². The number of hydrogen-bond acceptors (Lipinski definition) is 4. The SMILES string of the molecule is COc1cccc(-c2csc3nc(N)cn23)c1. The first-order valence-corrected chi connectivity index (χ1v) is 6.02. The van der Waals surface area contributed by atoms with Crippen LogP contribution in [-0.2, 0) is 0 Å². The largest absolute Gasteiger partial charge is 0.497 e. The summed E-state index contributed by atoms with van der Waals surface area (Å²) in [4.78, 5) is 5.13. The smallest absolute Gasteiger partial charge is 0.196 e. The molecule has 0 saturated carbocycles. The van der Waals surface area contributed by atoms with Crippen LogP contribution in [0.15, 0.2) is 35.8 Å². The summed E-state index contributed by atoms with van der Waals surface area (Å²) in [5, 5.41) is 2.07. The number of thiazole rings is 1. The molecule has 0 fully saturated rings. The van der Waals surface area contributed by atoms with E-state index in [0.29, 0.717) is 5.82 Å². The normalized spacial score (nSPS) is 10.9. The molecule has 1 aromatic carbocycles. The number of nitrogen functional groups attached to an aromatic ring is 1. The molecular weight excluding hydrogens is 234 g/mol. The third-order valence-corrected chi connectivity index (χ3v) is 3.43. The summed E-state index contributed by atoms with van der Waals surface area (Å²) in [6.07, 6.45) is 1.83. The third-order valence-electron chi connectivity index (χ3n) is 2.59. The third kappa shape index (κ3) is 1.64. The van der Waals surface area contributed by atoms with Crippen LogP contribution in [0.4, 0.5) is 5.82 Å². The van der Waals surface area contributed by atoms with Gasteiger partial charge in [0.15, 0.2) is 4.96 Å². The maximum Gasteiger partial charge on any atom is 0.196 e. The summed E-state index contributed by atoms with van der Waals surface area (Å²) >= 11 is 1.57. The van der Waals surface area contributed by atoms with Gasteiger partial charge in [-0.15, -0.1) is 11.3 Å². The van der Waals surface area contributed by atoms with Gasteiger partial charge in [0.2, 0.25) is 0 Å². The Kier molecular flexibility index (Phi) is 2.26. The number of methoxy groups -OCH3 is 1. The summed E-state index contributed by atoms with van der Waals surface area (Å²) in [6, 6.07) is 7.94. The summed E-state index contributed by atoms with van der Waals surface area (Å²) in [6.45, 7) is 0. The van der Waals surface area contributed by atoms with Crippen LogP contribution in [0.1, 0.15) is 0 Å². The van der Waals surface area contributed by atoms with E-state index in [0.717, 1.165) is 22.0 Å². The highest BCUT2D eigenvalue weighted by Gasteiger charge is 2.08. The first-order valence-electron chi connectivity index (χ1n) is 5.14. The Hall–Kier alpha value is -2.01. The number of rotatable bonds is 2. The lowest BCUT2D eigenvalue weighted by molar-refractivity contribution is 0.415. The minimum absolute atomic E-state index is 0.543.